The molecule has 0 fully saturated rings. The van der Waals surface area contributed by atoms with E-state index in [0.717, 1.165) is 0 Å². The first-order valence-electron chi connectivity index (χ1n) is 6.74. The normalized spacial score (nSPS) is 13.7. The van der Waals surface area contributed by atoms with E-state index in [9.17, 15) is 14.5 Å². The summed E-state index contributed by atoms with van der Waals surface area (Å²) in [4.78, 5) is 10.7. The lowest BCUT2D eigenvalue weighted by molar-refractivity contribution is -0.385. The number of para-hydroxylation sites is 1. The number of hydrogen-bond donors (Lipinski definition) is 1. The Balaban J connectivity index is 2.21. The number of nitrogens with one attached hydrogen (secondary N) is 1. The molecule has 0 amide bonds. The zero-order valence-electron chi connectivity index (χ0n) is 11.9. The van der Waals surface area contributed by atoms with Gasteiger partial charge in [-0.2, -0.15) is 0 Å². The Kier molecular flexibility index (Phi) is 4.65. The summed E-state index contributed by atoms with van der Waals surface area (Å²) in [7, 11) is 0. The summed E-state index contributed by atoms with van der Waals surface area (Å²) in [6.07, 6.45) is 0. The van der Waals surface area contributed by atoms with Crippen LogP contribution >= 0.6 is 0 Å². The fraction of sp³-hybridized carbons (Fsp3) is 0.250. The molecule has 4 nitrogen and oxygen atoms in total. The fourth-order valence-corrected chi connectivity index (χ4v) is 2.40. The number of nitro benzene ring substituents is 1. The molecule has 0 spiro atoms. The molecule has 2 atom stereocenters. The van der Waals surface area contributed by atoms with Crippen molar-refractivity contribution in [1.29, 1.82) is 0 Å². The monoisotopic (exact) mass is 288 g/mol. The van der Waals surface area contributed by atoms with Crippen molar-refractivity contribution in [3.8, 4) is 0 Å². The standard InChI is InChI=1S/C16H17FN2O2/c1-11(13-7-3-5-9-15(13)17)18-12(2)14-8-4-6-10-16(14)19(20)21/h3-12,18H,1-2H3/t11-,12?/m1/s1. The molecule has 1 unspecified atom stereocenters. The van der Waals surface area contributed by atoms with Crippen molar-refractivity contribution < 1.29 is 9.31 Å². The summed E-state index contributed by atoms with van der Waals surface area (Å²) in [5, 5.41) is 14.3. The molecule has 0 heterocycles. The number of nitro groups is 1. The maximum Gasteiger partial charge on any atom is 0.274 e. The maximum absolute atomic E-state index is 13.8. The second-order valence-electron chi connectivity index (χ2n) is 4.95. The van der Waals surface area contributed by atoms with Gasteiger partial charge in [-0.25, -0.2) is 4.39 Å². The van der Waals surface area contributed by atoms with Crippen LogP contribution in [0.5, 0.6) is 0 Å². The van der Waals surface area contributed by atoms with Gasteiger partial charge in [-0.05, 0) is 19.9 Å². The molecule has 0 saturated heterocycles. The molecule has 0 aromatic heterocycles. The Morgan fingerprint density at radius 2 is 1.52 bits per heavy atom. The average molecular weight is 288 g/mol. The van der Waals surface area contributed by atoms with Gasteiger partial charge in [-0.15, -0.1) is 0 Å². The maximum atomic E-state index is 13.8. The Labute approximate surface area is 122 Å². The van der Waals surface area contributed by atoms with Crippen LogP contribution in [0.25, 0.3) is 0 Å². The molecule has 0 aliphatic heterocycles. The number of halogens is 1. The van der Waals surface area contributed by atoms with Crippen molar-refractivity contribution in [2.24, 2.45) is 0 Å². The van der Waals surface area contributed by atoms with Crippen molar-refractivity contribution in [3.05, 3.63) is 75.6 Å². The third-order valence-electron chi connectivity index (χ3n) is 3.47. The predicted octanol–water partition coefficient (Wildman–Crippen LogP) is 4.15. The minimum Gasteiger partial charge on any atom is -0.303 e. The third-order valence-corrected chi connectivity index (χ3v) is 3.47. The van der Waals surface area contributed by atoms with Gasteiger partial charge in [0.15, 0.2) is 0 Å². The largest absolute Gasteiger partial charge is 0.303 e. The summed E-state index contributed by atoms with van der Waals surface area (Å²) in [5.74, 6) is -0.285. The second-order valence-corrected chi connectivity index (χ2v) is 4.95. The van der Waals surface area contributed by atoms with Gasteiger partial charge in [0.2, 0.25) is 0 Å². The predicted molar refractivity (Wildman–Crippen MR) is 79.5 cm³/mol. The van der Waals surface area contributed by atoms with Gasteiger partial charge in [-0.3, -0.25) is 10.1 Å². The van der Waals surface area contributed by atoms with E-state index in [2.05, 4.69) is 5.32 Å². The summed E-state index contributed by atoms with van der Waals surface area (Å²) in [5.41, 5.74) is 1.20. The van der Waals surface area contributed by atoms with Crippen LogP contribution in [0.2, 0.25) is 0 Å². The van der Waals surface area contributed by atoms with Crippen LogP contribution < -0.4 is 5.32 Å². The molecular formula is C16H17FN2O2. The van der Waals surface area contributed by atoms with E-state index >= 15 is 0 Å². The molecule has 0 radical (unpaired) electrons. The first-order chi connectivity index (χ1) is 10.0. The molecule has 21 heavy (non-hydrogen) atoms. The Bertz CT molecular complexity index is 646. The Morgan fingerprint density at radius 1 is 1.00 bits per heavy atom. The first kappa shape index (κ1) is 15.1. The number of hydrogen-bond acceptors (Lipinski definition) is 3. The summed E-state index contributed by atoms with van der Waals surface area (Å²) < 4.78 is 13.8. The van der Waals surface area contributed by atoms with Gasteiger partial charge in [0.25, 0.3) is 5.69 Å². The van der Waals surface area contributed by atoms with E-state index in [0.29, 0.717) is 11.1 Å². The van der Waals surface area contributed by atoms with Gasteiger partial charge < -0.3 is 5.32 Å². The van der Waals surface area contributed by atoms with Gasteiger partial charge in [-0.1, -0.05) is 36.4 Å². The molecule has 0 bridgehead atoms. The van der Waals surface area contributed by atoms with Crippen LogP contribution in [0, 0.1) is 15.9 Å². The second kappa shape index (κ2) is 6.45. The van der Waals surface area contributed by atoms with Crippen LogP contribution in [0.1, 0.15) is 37.1 Å². The lowest BCUT2D eigenvalue weighted by Crippen LogP contribution is -2.23. The number of nitrogens with zero attached hydrogens (tertiary/aromatic N) is 1. The summed E-state index contributed by atoms with van der Waals surface area (Å²) in [6.45, 7) is 3.67. The molecule has 0 aliphatic carbocycles. The van der Waals surface area contributed by atoms with E-state index in [-0.39, 0.29) is 23.6 Å². The Morgan fingerprint density at radius 3 is 2.14 bits per heavy atom. The fourth-order valence-electron chi connectivity index (χ4n) is 2.40. The van der Waals surface area contributed by atoms with E-state index in [1.165, 1.54) is 12.1 Å². The van der Waals surface area contributed by atoms with Gasteiger partial charge >= 0.3 is 0 Å². The Hall–Kier alpha value is -2.27. The molecule has 110 valence electrons. The van der Waals surface area contributed by atoms with Crippen molar-refractivity contribution in [1.82, 2.24) is 5.32 Å². The lowest BCUT2D eigenvalue weighted by Gasteiger charge is -2.21. The summed E-state index contributed by atoms with van der Waals surface area (Å²) in [6, 6.07) is 12.6. The zero-order chi connectivity index (χ0) is 15.4. The molecule has 2 aromatic carbocycles. The van der Waals surface area contributed by atoms with Crippen molar-refractivity contribution in [2.75, 3.05) is 0 Å². The highest BCUT2D eigenvalue weighted by atomic mass is 19.1. The molecule has 0 saturated carbocycles. The van der Waals surface area contributed by atoms with E-state index < -0.39 is 4.92 Å². The quantitative estimate of drug-likeness (QED) is 0.664. The molecule has 5 heteroatoms. The van der Waals surface area contributed by atoms with Crippen LogP contribution in [0.4, 0.5) is 10.1 Å². The lowest BCUT2D eigenvalue weighted by atomic mass is 10.0. The molecular weight excluding hydrogens is 271 g/mol. The third kappa shape index (κ3) is 3.44. The van der Waals surface area contributed by atoms with Crippen LogP contribution in [0.15, 0.2) is 48.5 Å². The molecule has 0 aliphatic rings. The van der Waals surface area contributed by atoms with E-state index in [1.807, 2.05) is 13.8 Å². The zero-order valence-corrected chi connectivity index (χ0v) is 11.9. The van der Waals surface area contributed by atoms with E-state index in [4.69, 9.17) is 0 Å². The van der Waals surface area contributed by atoms with Crippen LogP contribution in [-0.4, -0.2) is 4.92 Å². The molecule has 1 N–H and O–H groups in total. The molecule has 2 rings (SSSR count). The first-order valence-corrected chi connectivity index (χ1v) is 6.74. The van der Waals surface area contributed by atoms with E-state index in [1.54, 1.807) is 36.4 Å². The SMILES string of the molecule is CC(N[C@H](C)c1ccccc1F)c1ccccc1[N+](=O)[O-]. The van der Waals surface area contributed by atoms with Gasteiger partial charge in [0.1, 0.15) is 5.82 Å². The highest BCUT2D eigenvalue weighted by Gasteiger charge is 2.20. The smallest absolute Gasteiger partial charge is 0.274 e. The molecule has 2 aromatic rings. The minimum atomic E-state index is -0.402. The van der Waals surface area contributed by atoms with Crippen molar-refractivity contribution in [3.63, 3.8) is 0 Å². The highest BCUT2D eigenvalue weighted by Crippen LogP contribution is 2.27. The van der Waals surface area contributed by atoms with Crippen molar-refractivity contribution in [2.45, 2.75) is 25.9 Å². The minimum absolute atomic E-state index is 0.0678. The van der Waals surface area contributed by atoms with Gasteiger partial charge in [0, 0.05) is 29.3 Å². The van der Waals surface area contributed by atoms with Crippen LogP contribution in [0.3, 0.4) is 0 Å². The van der Waals surface area contributed by atoms with Crippen LogP contribution in [-0.2, 0) is 0 Å². The number of rotatable bonds is 5. The topological polar surface area (TPSA) is 55.2 Å². The van der Waals surface area contributed by atoms with Gasteiger partial charge in [0.05, 0.1) is 4.92 Å². The number of benzene rings is 2. The average Bonchev–Trinajstić information content (AvgIpc) is 2.47. The van der Waals surface area contributed by atoms with Crippen molar-refractivity contribution >= 4 is 5.69 Å². The highest BCUT2D eigenvalue weighted by molar-refractivity contribution is 5.41. The summed E-state index contributed by atoms with van der Waals surface area (Å²) >= 11 is 0.